The molecule has 0 saturated carbocycles. The van der Waals surface area contributed by atoms with Crippen molar-refractivity contribution in [3.05, 3.63) is 11.9 Å². The van der Waals surface area contributed by atoms with E-state index in [1.54, 1.807) is 6.92 Å². The fourth-order valence-corrected chi connectivity index (χ4v) is 2.31. The highest BCUT2D eigenvalue weighted by molar-refractivity contribution is 6.05. The standard InChI is InChI=1S/C13H18N4O4/c1-8(2)13(3)4-10(18)17(12(13)21)6-9-5-16(15-14-9)7-11(19)20/h5,8H,4,6-7H2,1-3H3,(H,19,20). The first-order valence-electron chi connectivity index (χ1n) is 6.69. The number of nitrogens with zero attached hydrogens (tertiary/aromatic N) is 4. The molecule has 21 heavy (non-hydrogen) atoms. The average molecular weight is 294 g/mol. The predicted molar refractivity (Wildman–Crippen MR) is 70.8 cm³/mol. The van der Waals surface area contributed by atoms with Crippen LogP contribution in [0.15, 0.2) is 6.20 Å². The molecule has 1 aromatic heterocycles. The van der Waals surface area contributed by atoms with Crippen molar-refractivity contribution in [1.82, 2.24) is 19.9 Å². The molecule has 0 aromatic carbocycles. The molecule has 2 heterocycles. The largest absolute Gasteiger partial charge is 0.480 e. The lowest BCUT2D eigenvalue weighted by Crippen LogP contribution is -2.36. The van der Waals surface area contributed by atoms with Gasteiger partial charge in [0.1, 0.15) is 12.2 Å². The Balaban J connectivity index is 2.13. The van der Waals surface area contributed by atoms with Crippen molar-refractivity contribution in [3.8, 4) is 0 Å². The summed E-state index contributed by atoms with van der Waals surface area (Å²) in [6.07, 6.45) is 1.62. The molecule has 114 valence electrons. The van der Waals surface area contributed by atoms with Crippen LogP contribution in [0.3, 0.4) is 0 Å². The summed E-state index contributed by atoms with van der Waals surface area (Å²) in [5.74, 6) is -1.42. The van der Waals surface area contributed by atoms with E-state index in [0.29, 0.717) is 5.69 Å². The number of likely N-dealkylation sites (tertiary alicyclic amines) is 1. The lowest BCUT2D eigenvalue weighted by atomic mass is 9.78. The Hall–Kier alpha value is -2.25. The van der Waals surface area contributed by atoms with Crippen LogP contribution in [0, 0.1) is 11.3 Å². The molecule has 1 saturated heterocycles. The van der Waals surface area contributed by atoms with Crippen molar-refractivity contribution < 1.29 is 19.5 Å². The molecule has 0 aliphatic carbocycles. The number of hydrogen-bond acceptors (Lipinski definition) is 5. The first-order valence-corrected chi connectivity index (χ1v) is 6.69. The second-order valence-electron chi connectivity index (χ2n) is 5.84. The Morgan fingerprint density at radius 2 is 2.14 bits per heavy atom. The van der Waals surface area contributed by atoms with Crippen molar-refractivity contribution in [2.24, 2.45) is 11.3 Å². The molecule has 1 atom stereocenters. The van der Waals surface area contributed by atoms with Crippen LogP contribution in [-0.4, -0.2) is 42.8 Å². The number of carboxylic acids is 1. The van der Waals surface area contributed by atoms with Gasteiger partial charge in [-0.15, -0.1) is 5.10 Å². The number of amides is 2. The summed E-state index contributed by atoms with van der Waals surface area (Å²) in [5.41, 5.74) is -0.292. The molecule has 1 aliphatic heterocycles. The number of imide groups is 1. The zero-order valence-corrected chi connectivity index (χ0v) is 12.2. The first kappa shape index (κ1) is 15.1. The number of aliphatic carboxylic acids is 1. The molecule has 1 fully saturated rings. The molecule has 1 unspecified atom stereocenters. The van der Waals surface area contributed by atoms with Gasteiger partial charge in [0.05, 0.1) is 18.2 Å². The average Bonchev–Trinajstić information content (AvgIpc) is 2.88. The summed E-state index contributed by atoms with van der Waals surface area (Å²) in [6, 6.07) is 0. The van der Waals surface area contributed by atoms with Crippen molar-refractivity contribution >= 4 is 17.8 Å². The summed E-state index contributed by atoms with van der Waals surface area (Å²) in [6.45, 7) is 5.34. The minimum absolute atomic E-state index is 0.0274. The van der Waals surface area contributed by atoms with E-state index in [1.807, 2.05) is 13.8 Å². The van der Waals surface area contributed by atoms with E-state index in [9.17, 15) is 14.4 Å². The molecule has 1 aliphatic rings. The van der Waals surface area contributed by atoms with Gasteiger partial charge in [-0.05, 0) is 12.8 Å². The predicted octanol–water partition coefficient (Wildman–Crippen LogP) is 0.284. The third kappa shape index (κ3) is 2.79. The van der Waals surface area contributed by atoms with Crippen LogP contribution in [0.25, 0.3) is 0 Å². The number of aromatic nitrogens is 3. The second kappa shape index (κ2) is 5.27. The molecular weight excluding hydrogens is 276 g/mol. The van der Waals surface area contributed by atoms with Crippen molar-refractivity contribution in [3.63, 3.8) is 0 Å². The molecule has 0 spiro atoms. The van der Waals surface area contributed by atoms with Gasteiger partial charge < -0.3 is 5.11 Å². The van der Waals surface area contributed by atoms with E-state index in [2.05, 4.69) is 10.3 Å². The molecule has 0 radical (unpaired) electrons. The molecular formula is C13H18N4O4. The van der Waals surface area contributed by atoms with Crippen molar-refractivity contribution in [2.75, 3.05) is 0 Å². The number of carboxylic acid groups (broad SMARTS) is 1. The SMILES string of the molecule is CC(C)C1(C)CC(=O)N(Cc2cn(CC(=O)O)nn2)C1=O. The maximum Gasteiger partial charge on any atom is 0.325 e. The fourth-order valence-electron chi connectivity index (χ4n) is 2.31. The normalized spacial score (nSPS) is 22.4. The van der Waals surface area contributed by atoms with Gasteiger partial charge in [0.15, 0.2) is 0 Å². The van der Waals surface area contributed by atoms with Crippen molar-refractivity contribution in [1.29, 1.82) is 0 Å². The van der Waals surface area contributed by atoms with E-state index in [-0.39, 0.29) is 37.2 Å². The van der Waals surface area contributed by atoms with E-state index in [0.717, 1.165) is 4.68 Å². The van der Waals surface area contributed by atoms with Crippen LogP contribution >= 0.6 is 0 Å². The quantitative estimate of drug-likeness (QED) is 0.782. The van der Waals surface area contributed by atoms with Crippen LogP contribution in [0.5, 0.6) is 0 Å². The first-order chi connectivity index (χ1) is 9.74. The van der Waals surface area contributed by atoms with E-state index in [1.165, 1.54) is 11.1 Å². The molecule has 8 heteroatoms. The summed E-state index contributed by atoms with van der Waals surface area (Å²) in [7, 11) is 0. The zero-order valence-electron chi connectivity index (χ0n) is 12.2. The van der Waals surface area contributed by atoms with Crippen LogP contribution in [0.2, 0.25) is 0 Å². The number of carbonyl (C=O) groups excluding carboxylic acids is 2. The van der Waals surface area contributed by atoms with Gasteiger partial charge in [0, 0.05) is 6.42 Å². The minimum atomic E-state index is -1.04. The topological polar surface area (TPSA) is 105 Å². The fraction of sp³-hybridized carbons (Fsp3) is 0.615. The maximum absolute atomic E-state index is 12.4. The Morgan fingerprint density at radius 1 is 1.48 bits per heavy atom. The number of hydrogen-bond donors (Lipinski definition) is 1. The maximum atomic E-state index is 12.4. The van der Waals surface area contributed by atoms with Gasteiger partial charge in [-0.2, -0.15) is 0 Å². The molecule has 8 nitrogen and oxygen atoms in total. The van der Waals surface area contributed by atoms with E-state index < -0.39 is 11.4 Å². The van der Waals surface area contributed by atoms with Crippen LogP contribution in [0.4, 0.5) is 0 Å². The third-order valence-corrected chi connectivity index (χ3v) is 4.03. The van der Waals surface area contributed by atoms with E-state index in [4.69, 9.17) is 5.11 Å². The lowest BCUT2D eigenvalue weighted by Gasteiger charge is -2.25. The Labute approximate surface area is 121 Å². The van der Waals surface area contributed by atoms with Crippen LogP contribution < -0.4 is 0 Å². The molecule has 1 aromatic rings. The summed E-state index contributed by atoms with van der Waals surface area (Å²) >= 11 is 0. The second-order valence-corrected chi connectivity index (χ2v) is 5.84. The Kier molecular flexibility index (Phi) is 3.80. The Morgan fingerprint density at radius 3 is 2.67 bits per heavy atom. The van der Waals surface area contributed by atoms with Crippen LogP contribution in [-0.2, 0) is 27.5 Å². The zero-order chi connectivity index (χ0) is 15.8. The highest BCUT2D eigenvalue weighted by atomic mass is 16.4. The van der Waals surface area contributed by atoms with Gasteiger partial charge >= 0.3 is 5.97 Å². The van der Waals surface area contributed by atoms with Gasteiger partial charge in [0.2, 0.25) is 11.8 Å². The highest BCUT2D eigenvalue weighted by Crippen LogP contribution is 2.39. The summed E-state index contributed by atoms with van der Waals surface area (Å²) < 4.78 is 1.16. The molecule has 0 bridgehead atoms. The van der Waals surface area contributed by atoms with Crippen LogP contribution in [0.1, 0.15) is 32.9 Å². The summed E-state index contributed by atoms with van der Waals surface area (Å²) in [4.78, 5) is 36.2. The smallest absolute Gasteiger partial charge is 0.325 e. The monoisotopic (exact) mass is 294 g/mol. The van der Waals surface area contributed by atoms with Crippen molar-refractivity contribution in [2.45, 2.75) is 40.3 Å². The van der Waals surface area contributed by atoms with E-state index >= 15 is 0 Å². The van der Waals surface area contributed by atoms with Gasteiger partial charge in [-0.25, -0.2) is 4.68 Å². The molecule has 2 amide bonds. The molecule has 1 N–H and O–H groups in total. The van der Waals surface area contributed by atoms with Gasteiger partial charge in [0.25, 0.3) is 0 Å². The third-order valence-electron chi connectivity index (χ3n) is 4.03. The lowest BCUT2D eigenvalue weighted by molar-refractivity contribution is -0.143. The summed E-state index contributed by atoms with van der Waals surface area (Å²) in [5, 5.41) is 16.1. The Bertz CT molecular complexity index is 595. The molecule has 2 rings (SSSR count). The number of carbonyl (C=O) groups is 3. The van der Waals surface area contributed by atoms with Gasteiger partial charge in [-0.3, -0.25) is 19.3 Å². The highest BCUT2D eigenvalue weighted by Gasteiger charge is 2.49. The van der Waals surface area contributed by atoms with Gasteiger partial charge in [-0.1, -0.05) is 19.1 Å². The number of rotatable bonds is 5. The minimum Gasteiger partial charge on any atom is -0.480 e.